The average molecular weight is 157 g/mol. The molecule has 0 fully saturated rings. The molecule has 1 heterocycles. The van der Waals surface area contributed by atoms with Crippen LogP contribution < -0.4 is 5.32 Å². The Labute approximate surface area is 63.0 Å². The first-order valence-electron chi connectivity index (χ1n) is 2.65. The zero-order valence-electron chi connectivity index (χ0n) is 5.04. The van der Waals surface area contributed by atoms with Crippen molar-refractivity contribution in [1.29, 1.82) is 0 Å². The maximum absolute atomic E-state index is 9.93. The lowest BCUT2D eigenvalue weighted by Crippen LogP contribution is -1.94. The van der Waals surface area contributed by atoms with Crippen molar-refractivity contribution in [2.75, 3.05) is 5.32 Å². The lowest BCUT2D eigenvalue weighted by atomic mass is 10.4. The molecule has 52 valence electrons. The molecular formula is C6H5ClN2O. The van der Waals surface area contributed by atoms with E-state index in [9.17, 15) is 4.79 Å². The molecule has 1 N–H and O–H groups in total. The predicted molar refractivity (Wildman–Crippen MR) is 38.9 cm³/mol. The van der Waals surface area contributed by atoms with Gasteiger partial charge in [0.25, 0.3) is 0 Å². The van der Waals surface area contributed by atoms with Crippen LogP contribution in [0.25, 0.3) is 0 Å². The smallest absolute Gasteiger partial charge is 0.211 e. The first-order valence-corrected chi connectivity index (χ1v) is 3.03. The van der Waals surface area contributed by atoms with Crippen LogP contribution in [-0.2, 0) is 4.79 Å². The zero-order valence-corrected chi connectivity index (χ0v) is 5.80. The van der Waals surface area contributed by atoms with Gasteiger partial charge < -0.3 is 5.32 Å². The number of amides is 1. The molecule has 1 aromatic heterocycles. The first-order chi connectivity index (χ1) is 4.84. The van der Waals surface area contributed by atoms with Gasteiger partial charge in [-0.25, -0.2) is 4.98 Å². The summed E-state index contributed by atoms with van der Waals surface area (Å²) in [5, 5.41) is 2.70. The maximum atomic E-state index is 9.93. The molecule has 0 saturated carbocycles. The van der Waals surface area contributed by atoms with Gasteiger partial charge in [0.2, 0.25) is 6.41 Å². The van der Waals surface area contributed by atoms with E-state index in [0.717, 1.165) is 0 Å². The molecular weight excluding hydrogens is 152 g/mol. The number of halogens is 1. The minimum absolute atomic E-state index is 0.301. The van der Waals surface area contributed by atoms with Crippen molar-refractivity contribution in [2.24, 2.45) is 0 Å². The van der Waals surface area contributed by atoms with Gasteiger partial charge in [0.1, 0.15) is 0 Å². The molecule has 0 aromatic carbocycles. The highest BCUT2D eigenvalue weighted by atomic mass is 35.5. The Hall–Kier alpha value is -1.09. The van der Waals surface area contributed by atoms with E-state index in [0.29, 0.717) is 17.3 Å². The van der Waals surface area contributed by atoms with Gasteiger partial charge in [0.05, 0.1) is 5.69 Å². The summed E-state index contributed by atoms with van der Waals surface area (Å²) < 4.78 is 0. The molecule has 0 aliphatic rings. The summed E-state index contributed by atoms with van der Waals surface area (Å²) in [4.78, 5) is 13.7. The molecule has 1 rings (SSSR count). The van der Waals surface area contributed by atoms with E-state index in [1.807, 2.05) is 0 Å². The number of rotatable bonds is 2. The summed E-state index contributed by atoms with van der Waals surface area (Å²) >= 11 is 5.57. The van der Waals surface area contributed by atoms with Crippen molar-refractivity contribution in [1.82, 2.24) is 4.98 Å². The van der Waals surface area contributed by atoms with Gasteiger partial charge in [0, 0.05) is 6.20 Å². The fourth-order valence-corrected chi connectivity index (χ4v) is 0.731. The normalized spacial score (nSPS) is 8.90. The van der Waals surface area contributed by atoms with Crippen LogP contribution >= 0.6 is 11.6 Å². The topological polar surface area (TPSA) is 42.0 Å². The Balaban J connectivity index is 2.91. The molecule has 4 heteroatoms. The third-order valence-electron chi connectivity index (χ3n) is 0.974. The van der Waals surface area contributed by atoms with E-state index < -0.39 is 0 Å². The van der Waals surface area contributed by atoms with E-state index >= 15 is 0 Å². The molecule has 0 aliphatic heterocycles. The molecule has 3 nitrogen and oxygen atoms in total. The number of carbonyl (C=O) groups excluding carboxylic acids is 1. The van der Waals surface area contributed by atoms with Crippen LogP contribution in [0.1, 0.15) is 0 Å². The van der Waals surface area contributed by atoms with Gasteiger partial charge in [-0.2, -0.15) is 0 Å². The van der Waals surface area contributed by atoms with E-state index in [4.69, 9.17) is 11.6 Å². The van der Waals surface area contributed by atoms with Crippen LogP contribution in [0.5, 0.6) is 0 Å². The van der Waals surface area contributed by atoms with E-state index in [1.54, 1.807) is 18.3 Å². The van der Waals surface area contributed by atoms with Crippen LogP contribution in [0.4, 0.5) is 5.69 Å². The first kappa shape index (κ1) is 7.02. The lowest BCUT2D eigenvalue weighted by molar-refractivity contribution is -0.105. The maximum Gasteiger partial charge on any atom is 0.211 e. The Morgan fingerprint density at radius 2 is 2.50 bits per heavy atom. The molecule has 0 radical (unpaired) electrons. The molecule has 0 saturated heterocycles. The average Bonchev–Trinajstić information content (AvgIpc) is 1.94. The van der Waals surface area contributed by atoms with Crippen LogP contribution in [0.15, 0.2) is 18.3 Å². The highest BCUT2D eigenvalue weighted by molar-refractivity contribution is 6.32. The van der Waals surface area contributed by atoms with Gasteiger partial charge in [-0.05, 0) is 12.1 Å². The number of hydrogen-bond donors (Lipinski definition) is 1. The minimum atomic E-state index is 0.301. The second kappa shape index (κ2) is 3.17. The number of nitrogens with one attached hydrogen (secondary N) is 1. The van der Waals surface area contributed by atoms with Gasteiger partial charge in [-0.1, -0.05) is 11.6 Å². The second-order valence-electron chi connectivity index (χ2n) is 1.60. The number of anilines is 1. The molecule has 1 amide bonds. The summed E-state index contributed by atoms with van der Waals surface area (Å²) in [6, 6.07) is 3.36. The number of aromatic nitrogens is 1. The third kappa shape index (κ3) is 1.45. The van der Waals surface area contributed by atoms with Gasteiger partial charge in [-0.15, -0.1) is 0 Å². The Morgan fingerprint density at radius 1 is 1.70 bits per heavy atom. The molecule has 0 atom stereocenters. The summed E-state index contributed by atoms with van der Waals surface area (Å²) in [5.41, 5.74) is 0.527. The van der Waals surface area contributed by atoms with E-state index in [1.165, 1.54) is 0 Å². The molecule has 0 aliphatic carbocycles. The Morgan fingerprint density at radius 3 is 3.10 bits per heavy atom. The zero-order chi connectivity index (χ0) is 7.40. The molecule has 0 bridgehead atoms. The number of pyridine rings is 1. The SMILES string of the molecule is O=CNc1cccnc1Cl. The van der Waals surface area contributed by atoms with Crippen molar-refractivity contribution >= 4 is 23.7 Å². The summed E-state index contributed by atoms with van der Waals surface area (Å²) in [6.45, 7) is 0. The van der Waals surface area contributed by atoms with Crippen LogP contribution in [0.2, 0.25) is 5.15 Å². The summed E-state index contributed by atoms with van der Waals surface area (Å²) in [5.74, 6) is 0. The largest absolute Gasteiger partial charge is 0.326 e. The lowest BCUT2D eigenvalue weighted by Gasteiger charge is -1.97. The number of carbonyl (C=O) groups is 1. The number of nitrogens with zero attached hydrogens (tertiary/aromatic N) is 1. The van der Waals surface area contributed by atoms with Crippen molar-refractivity contribution in [2.45, 2.75) is 0 Å². The quantitative estimate of drug-likeness (QED) is 0.518. The highest BCUT2D eigenvalue weighted by Gasteiger charge is 1.95. The van der Waals surface area contributed by atoms with E-state index in [-0.39, 0.29) is 0 Å². The molecule has 0 unspecified atom stereocenters. The minimum Gasteiger partial charge on any atom is -0.326 e. The molecule has 1 aromatic rings. The monoisotopic (exact) mass is 156 g/mol. The van der Waals surface area contributed by atoms with Crippen molar-refractivity contribution in [3.8, 4) is 0 Å². The highest BCUT2D eigenvalue weighted by Crippen LogP contribution is 2.15. The van der Waals surface area contributed by atoms with Crippen LogP contribution in [0.3, 0.4) is 0 Å². The summed E-state index contributed by atoms with van der Waals surface area (Å²) in [7, 11) is 0. The van der Waals surface area contributed by atoms with Crippen molar-refractivity contribution in [3.05, 3.63) is 23.5 Å². The van der Waals surface area contributed by atoms with Gasteiger partial charge in [0.15, 0.2) is 5.15 Å². The number of hydrogen-bond acceptors (Lipinski definition) is 2. The van der Waals surface area contributed by atoms with Crippen molar-refractivity contribution in [3.63, 3.8) is 0 Å². The fraction of sp³-hybridized carbons (Fsp3) is 0. The van der Waals surface area contributed by atoms with Gasteiger partial charge >= 0.3 is 0 Å². The standard InChI is InChI=1S/C6H5ClN2O/c7-6-5(9-4-10)2-1-3-8-6/h1-4H,(H,9,10). The predicted octanol–water partition coefficient (Wildman–Crippen LogP) is 1.30. The van der Waals surface area contributed by atoms with Crippen LogP contribution in [0, 0.1) is 0 Å². The second-order valence-corrected chi connectivity index (χ2v) is 1.96. The third-order valence-corrected chi connectivity index (χ3v) is 1.27. The summed E-state index contributed by atoms with van der Waals surface area (Å²) in [6.07, 6.45) is 2.11. The van der Waals surface area contributed by atoms with Crippen LogP contribution in [-0.4, -0.2) is 11.4 Å². The van der Waals surface area contributed by atoms with Crippen molar-refractivity contribution < 1.29 is 4.79 Å². The Bertz CT molecular complexity index is 239. The van der Waals surface area contributed by atoms with E-state index in [2.05, 4.69) is 10.3 Å². The van der Waals surface area contributed by atoms with Gasteiger partial charge in [-0.3, -0.25) is 4.79 Å². The molecule has 10 heavy (non-hydrogen) atoms. The Kier molecular flexibility index (Phi) is 2.23. The fourth-order valence-electron chi connectivity index (χ4n) is 0.557. The molecule has 0 spiro atoms.